The summed E-state index contributed by atoms with van der Waals surface area (Å²) in [6.45, 7) is 15.1. The van der Waals surface area contributed by atoms with Crippen molar-refractivity contribution in [1.82, 2.24) is 0 Å². The number of carbonyl (C=O) groups excluding carboxylic acids is 2. The number of carbonyl (C=O) groups is 2. The summed E-state index contributed by atoms with van der Waals surface area (Å²) < 4.78 is 12.3. The fourth-order valence-corrected chi connectivity index (χ4v) is 4.90. The summed E-state index contributed by atoms with van der Waals surface area (Å²) in [6.07, 6.45) is 9.51. The van der Waals surface area contributed by atoms with Crippen molar-refractivity contribution in [3.8, 4) is 0 Å². The van der Waals surface area contributed by atoms with Crippen molar-refractivity contribution >= 4 is 11.9 Å². The van der Waals surface area contributed by atoms with E-state index in [0.717, 1.165) is 64.2 Å². The smallest absolute Gasteiger partial charge is 0.333 e. The van der Waals surface area contributed by atoms with E-state index in [1.54, 1.807) is 13.8 Å². The van der Waals surface area contributed by atoms with Gasteiger partial charge in [-0.2, -0.15) is 0 Å². The molecule has 4 nitrogen and oxygen atoms in total. The molecule has 0 N–H and O–H groups in total. The van der Waals surface area contributed by atoms with Gasteiger partial charge in [0.1, 0.15) is 11.2 Å². The van der Waals surface area contributed by atoms with Gasteiger partial charge in [0.05, 0.1) is 0 Å². The molecule has 4 heteroatoms. The molecule has 0 bridgehead atoms. The summed E-state index contributed by atoms with van der Waals surface area (Å²) >= 11 is 0. The topological polar surface area (TPSA) is 52.6 Å². The van der Waals surface area contributed by atoms with Crippen LogP contribution in [0.3, 0.4) is 0 Å². The molecular weight excluding hydrogens is 340 g/mol. The van der Waals surface area contributed by atoms with Crippen LogP contribution in [0.25, 0.3) is 0 Å². The number of hydrogen-bond acceptors (Lipinski definition) is 4. The van der Waals surface area contributed by atoms with E-state index in [4.69, 9.17) is 9.47 Å². The van der Waals surface area contributed by atoms with Gasteiger partial charge in [-0.1, -0.05) is 39.8 Å². The standard InChI is InChI=1S/C23H36O4/c1-17(2)19(24)26-22(13-9-7-10-14-22)21(5,6)23(15-11-8-12-16-23)27-20(25)18(3)4/h1,3,7-16H2,2,4-6H3. The Bertz CT molecular complexity index is 550. The zero-order valence-electron chi connectivity index (χ0n) is 17.6. The number of hydrogen-bond donors (Lipinski definition) is 0. The number of esters is 2. The molecule has 2 aliphatic rings. The fraction of sp³-hybridized carbons (Fsp3) is 0.739. The van der Waals surface area contributed by atoms with Crippen molar-refractivity contribution < 1.29 is 19.1 Å². The lowest BCUT2D eigenvalue weighted by atomic mass is 9.55. The van der Waals surface area contributed by atoms with E-state index in [1.165, 1.54) is 0 Å². The third-order valence-electron chi connectivity index (χ3n) is 6.87. The molecule has 2 aliphatic carbocycles. The fourth-order valence-electron chi connectivity index (χ4n) is 4.90. The Labute approximate surface area is 164 Å². The summed E-state index contributed by atoms with van der Waals surface area (Å²) in [4.78, 5) is 25.1. The first-order chi connectivity index (χ1) is 12.6. The normalized spacial score (nSPS) is 21.8. The lowest BCUT2D eigenvalue weighted by molar-refractivity contribution is -0.232. The minimum atomic E-state index is -0.645. The highest BCUT2D eigenvalue weighted by atomic mass is 16.6. The molecule has 2 fully saturated rings. The Morgan fingerprint density at radius 3 is 1.26 bits per heavy atom. The lowest BCUT2D eigenvalue weighted by Crippen LogP contribution is -2.63. The third-order valence-corrected chi connectivity index (χ3v) is 6.87. The zero-order valence-corrected chi connectivity index (χ0v) is 17.6. The van der Waals surface area contributed by atoms with Gasteiger partial charge in [0, 0.05) is 16.6 Å². The van der Waals surface area contributed by atoms with Crippen LogP contribution in [0.1, 0.15) is 91.9 Å². The second-order valence-corrected chi connectivity index (χ2v) is 9.07. The summed E-state index contributed by atoms with van der Waals surface area (Å²) in [5.74, 6) is -0.690. The Kier molecular flexibility index (Phi) is 6.59. The second kappa shape index (κ2) is 8.20. The molecule has 0 radical (unpaired) electrons. The molecule has 0 atom stereocenters. The van der Waals surface area contributed by atoms with Gasteiger partial charge in [0.15, 0.2) is 0 Å². The highest BCUT2D eigenvalue weighted by Gasteiger charge is 2.61. The Morgan fingerprint density at radius 1 is 0.704 bits per heavy atom. The van der Waals surface area contributed by atoms with Crippen LogP contribution in [0.5, 0.6) is 0 Å². The minimum Gasteiger partial charge on any atom is -0.455 e. The van der Waals surface area contributed by atoms with Gasteiger partial charge in [-0.25, -0.2) is 9.59 Å². The summed E-state index contributed by atoms with van der Waals surface area (Å²) in [7, 11) is 0. The molecule has 0 aliphatic heterocycles. The molecule has 0 aromatic rings. The van der Waals surface area contributed by atoms with E-state index in [-0.39, 0.29) is 11.9 Å². The predicted octanol–water partition coefficient (Wildman–Crippen LogP) is 5.66. The molecule has 152 valence electrons. The quantitative estimate of drug-likeness (QED) is 0.443. The first kappa shape index (κ1) is 21.7. The van der Waals surface area contributed by atoms with E-state index in [0.29, 0.717) is 11.1 Å². The molecule has 27 heavy (non-hydrogen) atoms. The molecule has 2 rings (SSSR count). The predicted molar refractivity (Wildman–Crippen MR) is 107 cm³/mol. The summed E-state index contributed by atoms with van der Waals surface area (Å²) in [5, 5.41) is 0. The van der Waals surface area contributed by atoms with Crippen molar-refractivity contribution in [2.75, 3.05) is 0 Å². The average molecular weight is 377 g/mol. The van der Waals surface area contributed by atoms with Crippen LogP contribution < -0.4 is 0 Å². The highest BCUT2D eigenvalue weighted by Crippen LogP contribution is 2.57. The van der Waals surface area contributed by atoms with Gasteiger partial charge in [0.25, 0.3) is 0 Å². The summed E-state index contributed by atoms with van der Waals surface area (Å²) in [5.41, 5.74) is -0.973. The van der Waals surface area contributed by atoms with Gasteiger partial charge < -0.3 is 9.47 Å². The number of rotatable bonds is 6. The Balaban J connectivity index is 2.48. The van der Waals surface area contributed by atoms with Gasteiger partial charge in [0.2, 0.25) is 0 Å². The maximum absolute atomic E-state index is 12.5. The zero-order chi connectivity index (χ0) is 20.3. The maximum Gasteiger partial charge on any atom is 0.333 e. The Hall–Kier alpha value is -1.58. The molecule has 0 heterocycles. The molecule has 0 unspecified atom stereocenters. The molecule has 0 aromatic heterocycles. The van der Waals surface area contributed by atoms with Crippen LogP contribution in [0.15, 0.2) is 24.3 Å². The van der Waals surface area contributed by atoms with Crippen molar-refractivity contribution in [3.05, 3.63) is 24.3 Å². The second-order valence-electron chi connectivity index (χ2n) is 9.07. The molecule has 0 saturated heterocycles. The van der Waals surface area contributed by atoms with Gasteiger partial charge >= 0.3 is 11.9 Å². The molecule has 0 spiro atoms. The van der Waals surface area contributed by atoms with E-state index >= 15 is 0 Å². The largest absolute Gasteiger partial charge is 0.455 e. The van der Waals surface area contributed by atoms with Crippen LogP contribution in [0.2, 0.25) is 0 Å². The molecule has 0 amide bonds. The molecular formula is C23H36O4. The van der Waals surface area contributed by atoms with Gasteiger partial charge in [-0.3, -0.25) is 0 Å². The van der Waals surface area contributed by atoms with Crippen LogP contribution in [0, 0.1) is 5.41 Å². The van der Waals surface area contributed by atoms with Crippen LogP contribution in [-0.4, -0.2) is 23.1 Å². The first-order valence-electron chi connectivity index (χ1n) is 10.3. The number of ether oxygens (including phenoxy) is 2. The average Bonchev–Trinajstić information content (AvgIpc) is 2.62. The van der Waals surface area contributed by atoms with E-state index in [9.17, 15) is 9.59 Å². The van der Waals surface area contributed by atoms with Gasteiger partial charge in [-0.05, 0) is 65.2 Å². The van der Waals surface area contributed by atoms with Crippen LogP contribution in [-0.2, 0) is 19.1 Å². The highest BCUT2D eigenvalue weighted by molar-refractivity contribution is 5.88. The molecule has 2 saturated carbocycles. The van der Waals surface area contributed by atoms with Crippen molar-refractivity contribution in [3.63, 3.8) is 0 Å². The van der Waals surface area contributed by atoms with Crippen LogP contribution >= 0.6 is 0 Å². The summed E-state index contributed by atoms with van der Waals surface area (Å²) in [6, 6.07) is 0. The van der Waals surface area contributed by atoms with Crippen molar-refractivity contribution in [2.45, 2.75) is 103 Å². The SMILES string of the molecule is C=C(C)C(=O)OC1(C(C)(C)C2(OC(=O)C(=C)C)CCCCC2)CCCCC1. The Morgan fingerprint density at radius 2 is 1.00 bits per heavy atom. The lowest BCUT2D eigenvalue weighted by Gasteiger charge is -2.58. The van der Waals surface area contributed by atoms with Crippen LogP contribution in [0.4, 0.5) is 0 Å². The van der Waals surface area contributed by atoms with Gasteiger partial charge in [-0.15, -0.1) is 0 Å². The van der Waals surface area contributed by atoms with Crippen molar-refractivity contribution in [1.29, 1.82) is 0 Å². The van der Waals surface area contributed by atoms with E-state index < -0.39 is 16.6 Å². The monoisotopic (exact) mass is 376 g/mol. The maximum atomic E-state index is 12.5. The first-order valence-corrected chi connectivity index (χ1v) is 10.3. The van der Waals surface area contributed by atoms with E-state index in [2.05, 4.69) is 27.0 Å². The van der Waals surface area contributed by atoms with E-state index in [1.807, 2.05) is 0 Å². The van der Waals surface area contributed by atoms with Crippen molar-refractivity contribution in [2.24, 2.45) is 5.41 Å². The third kappa shape index (κ3) is 4.14. The molecule has 0 aromatic carbocycles. The minimum absolute atomic E-state index is 0.345.